The Labute approximate surface area is 219 Å². The molecule has 178 valence electrons. The number of halogens is 1. The van der Waals surface area contributed by atoms with Crippen LogP contribution in [0.4, 0.5) is 0 Å². The number of rotatable bonds is 6. The molecular weight excluding hydrogens is 544 g/mol. The van der Waals surface area contributed by atoms with Gasteiger partial charge in [-0.3, -0.25) is 14.2 Å². The SMILES string of the molecule is Cc1ccc(-n2c(SCC(=O)N/N=C/c3ccc(Br)cc3)nc3sc4c(c3c2=O)CCCC4)cc1. The molecule has 1 aliphatic rings. The molecule has 0 atom stereocenters. The summed E-state index contributed by atoms with van der Waals surface area (Å²) in [4.78, 5) is 33.2. The zero-order valence-corrected chi connectivity index (χ0v) is 22.3. The largest absolute Gasteiger partial charge is 0.272 e. The van der Waals surface area contributed by atoms with E-state index in [-0.39, 0.29) is 17.2 Å². The number of aryl methyl sites for hydroxylation is 3. The van der Waals surface area contributed by atoms with Crippen LogP contribution in [0.5, 0.6) is 0 Å². The third-order valence-electron chi connectivity index (χ3n) is 5.86. The standard InChI is InChI=1S/C26H23BrN4O2S2/c1-16-6-12-19(13-7-16)31-25(33)23-20-4-2-3-5-21(20)35-24(23)29-26(31)34-15-22(32)30-28-14-17-8-10-18(27)11-9-17/h6-14H,2-5,15H2,1H3,(H,30,32)/b28-14+. The van der Waals surface area contributed by atoms with Crippen LogP contribution in [-0.2, 0) is 17.6 Å². The highest BCUT2D eigenvalue weighted by atomic mass is 79.9. The molecule has 0 saturated carbocycles. The molecule has 0 unspecified atom stereocenters. The number of hydrogen-bond acceptors (Lipinski definition) is 6. The van der Waals surface area contributed by atoms with Crippen molar-refractivity contribution in [3.05, 3.63) is 84.9 Å². The third-order valence-corrected chi connectivity index (χ3v) is 8.51. The van der Waals surface area contributed by atoms with Crippen LogP contribution in [0, 0.1) is 6.92 Å². The second kappa shape index (κ2) is 10.5. The van der Waals surface area contributed by atoms with Gasteiger partial charge in [0.25, 0.3) is 11.5 Å². The topological polar surface area (TPSA) is 76.3 Å². The molecule has 4 aromatic rings. The summed E-state index contributed by atoms with van der Waals surface area (Å²) in [5, 5.41) is 5.29. The summed E-state index contributed by atoms with van der Waals surface area (Å²) < 4.78 is 2.62. The van der Waals surface area contributed by atoms with Gasteiger partial charge < -0.3 is 0 Å². The molecule has 0 radical (unpaired) electrons. The minimum Gasteiger partial charge on any atom is -0.272 e. The van der Waals surface area contributed by atoms with Gasteiger partial charge >= 0.3 is 0 Å². The Balaban J connectivity index is 1.42. The average Bonchev–Trinajstić information content (AvgIpc) is 3.23. The fourth-order valence-electron chi connectivity index (χ4n) is 4.09. The number of fused-ring (bicyclic) bond motifs is 3. The van der Waals surface area contributed by atoms with Gasteiger partial charge in [-0.1, -0.05) is 57.5 Å². The van der Waals surface area contributed by atoms with Gasteiger partial charge in [0.05, 0.1) is 23.0 Å². The van der Waals surface area contributed by atoms with Crippen molar-refractivity contribution in [3.8, 4) is 5.69 Å². The first-order chi connectivity index (χ1) is 17.0. The molecule has 5 rings (SSSR count). The number of hydrogen-bond donors (Lipinski definition) is 1. The number of nitrogens with zero attached hydrogens (tertiary/aromatic N) is 3. The van der Waals surface area contributed by atoms with Gasteiger partial charge in [-0.25, -0.2) is 10.4 Å². The Morgan fingerprint density at radius 2 is 1.91 bits per heavy atom. The van der Waals surface area contributed by atoms with E-state index in [1.54, 1.807) is 22.1 Å². The van der Waals surface area contributed by atoms with E-state index in [4.69, 9.17) is 4.98 Å². The number of aromatic nitrogens is 2. The van der Waals surface area contributed by atoms with E-state index in [0.29, 0.717) is 5.16 Å². The van der Waals surface area contributed by atoms with Gasteiger partial charge in [0.1, 0.15) is 4.83 Å². The normalized spacial score (nSPS) is 13.3. The van der Waals surface area contributed by atoms with Crippen LogP contribution < -0.4 is 11.0 Å². The number of benzene rings is 2. The van der Waals surface area contributed by atoms with Crippen LogP contribution in [0.3, 0.4) is 0 Å². The lowest BCUT2D eigenvalue weighted by Crippen LogP contribution is -2.24. The fourth-order valence-corrected chi connectivity index (χ4v) is 6.47. The number of nitrogens with one attached hydrogen (secondary N) is 1. The quantitative estimate of drug-likeness (QED) is 0.142. The first-order valence-corrected chi connectivity index (χ1v) is 13.9. The molecule has 9 heteroatoms. The molecule has 2 aromatic heterocycles. The summed E-state index contributed by atoms with van der Waals surface area (Å²) in [7, 11) is 0. The van der Waals surface area contributed by atoms with Crippen LogP contribution in [0.15, 0.2) is 68.1 Å². The summed E-state index contributed by atoms with van der Waals surface area (Å²) in [5.41, 5.74) is 6.40. The number of carbonyl (C=O) groups is 1. The highest BCUT2D eigenvalue weighted by molar-refractivity contribution is 9.10. The fraction of sp³-hybridized carbons (Fsp3) is 0.231. The number of hydrazone groups is 1. The first-order valence-electron chi connectivity index (χ1n) is 11.3. The monoisotopic (exact) mass is 566 g/mol. The predicted molar refractivity (Wildman–Crippen MR) is 147 cm³/mol. The van der Waals surface area contributed by atoms with Gasteiger partial charge in [-0.2, -0.15) is 5.10 Å². The molecule has 6 nitrogen and oxygen atoms in total. The molecular formula is C26H23BrN4O2S2. The summed E-state index contributed by atoms with van der Waals surface area (Å²) in [6.07, 6.45) is 5.76. The molecule has 1 amide bonds. The van der Waals surface area contributed by atoms with E-state index in [2.05, 4.69) is 26.5 Å². The molecule has 0 aliphatic heterocycles. The summed E-state index contributed by atoms with van der Waals surface area (Å²) >= 11 is 6.26. The average molecular weight is 568 g/mol. The van der Waals surface area contributed by atoms with Crippen LogP contribution in [0.1, 0.15) is 34.4 Å². The van der Waals surface area contributed by atoms with Crippen LogP contribution in [-0.4, -0.2) is 27.4 Å². The Kier molecular flexibility index (Phi) is 7.17. The third kappa shape index (κ3) is 5.27. The van der Waals surface area contributed by atoms with Crippen LogP contribution in [0.2, 0.25) is 0 Å². The summed E-state index contributed by atoms with van der Waals surface area (Å²) in [6, 6.07) is 15.4. The second-order valence-corrected chi connectivity index (χ2v) is 11.3. The molecule has 1 N–H and O–H groups in total. The van der Waals surface area contributed by atoms with Gasteiger partial charge in [-0.05, 0) is 68.0 Å². The number of thioether (sulfide) groups is 1. The molecule has 0 spiro atoms. The Hall–Kier alpha value is -2.75. The van der Waals surface area contributed by atoms with E-state index in [9.17, 15) is 9.59 Å². The Bertz CT molecular complexity index is 1470. The molecule has 2 heterocycles. The molecule has 35 heavy (non-hydrogen) atoms. The molecule has 0 fully saturated rings. The lowest BCUT2D eigenvalue weighted by Gasteiger charge is -2.13. The van der Waals surface area contributed by atoms with Crippen molar-refractivity contribution in [2.45, 2.75) is 37.8 Å². The minimum absolute atomic E-state index is 0.0607. The van der Waals surface area contributed by atoms with E-state index < -0.39 is 0 Å². The maximum Gasteiger partial charge on any atom is 0.267 e. The molecule has 0 saturated heterocycles. The van der Waals surface area contributed by atoms with Crippen LogP contribution >= 0.6 is 39.0 Å². The van der Waals surface area contributed by atoms with Gasteiger partial charge in [0, 0.05) is 9.35 Å². The van der Waals surface area contributed by atoms with Crippen molar-refractivity contribution >= 4 is 61.4 Å². The van der Waals surface area contributed by atoms with Gasteiger partial charge in [0.2, 0.25) is 0 Å². The van der Waals surface area contributed by atoms with Crippen molar-refractivity contribution in [1.29, 1.82) is 0 Å². The number of thiophene rings is 1. The number of amides is 1. The lowest BCUT2D eigenvalue weighted by molar-refractivity contribution is -0.118. The summed E-state index contributed by atoms with van der Waals surface area (Å²) in [6.45, 7) is 2.01. The molecule has 1 aliphatic carbocycles. The highest BCUT2D eigenvalue weighted by Gasteiger charge is 2.23. The smallest absolute Gasteiger partial charge is 0.267 e. The minimum atomic E-state index is -0.265. The van der Waals surface area contributed by atoms with Crippen molar-refractivity contribution in [2.75, 3.05) is 5.75 Å². The van der Waals surface area contributed by atoms with Crippen molar-refractivity contribution in [3.63, 3.8) is 0 Å². The highest BCUT2D eigenvalue weighted by Crippen LogP contribution is 2.35. The van der Waals surface area contributed by atoms with E-state index in [0.717, 1.165) is 62.8 Å². The van der Waals surface area contributed by atoms with E-state index in [1.165, 1.54) is 16.6 Å². The number of carbonyl (C=O) groups excluding carboxylic acids is 1. The van der Waals surface area contributed by atoms with Crippen LogP contribution in [0.25, 0.3) is 15.9 Å². The zero-order chi connectivity index (χ0) is 24.4. The second-order valence-electron chi connectivity index (χ2n) is 8.39. The molecule has 2 aromatic carbocycles. The maximum atomic E-state index is 13.8. The van der Waals surface area contributed by atoms with Crippen molar-refractivity contribution in [1.82, 2.24) is 15.0 Å². The van der Waals surface area contributed by atoms with Gasteiger partial charge in [0.15, 0.2) is 5.16 Å². The lowest BCUT2D eigenvalue weighted by atomic mass is 9.97. The zero-order valence-electron chi connectivity index (χ0n) is 19.1. The van der Waals surface area contributed by atoms with Crippen molar-refractivity contribution in [2.24, 2.45) is 5.10 Å². The first kappa shape index (κ1) is 24.0. The Morgan fingerprint density at radius 1 is 1.17 bits per heavy atom. The summed E-state index contributed by atoms with van der Waals surface area (Å²) in [5.74, 6) is -0.175. The van der Waals surface area contributed by atoms with E-state index >= 15 is 0 Å². The maximum absolute atomic E-state index is 13.8. The molecule has 0 bridgehead atoms. The predicted octanol–water partition coefficient (Wildman–Crippen LogP) is 5.64. The van der Waals surface area contributed by atoms with E-state index in [1.807, 2.05) is 55.5 Å². The van der Waals surface area contributed by atoms with Crippen molar-refractivity contribution < 1.29 is 4.79 Å². The van der Waals surface area contributed by atoms with Gasteiger partial charge in [-0.15, -0.1) is 11.3 Å². The Morgan fingerprint density at radius 3 is 2.69 bits per heavy atom.